The lowest BCUT2D eigenvalue weighted by Gasteiger charge is -2.06. The van der Waals surface area contributed by atoms with Gasteiger partial charge in [0.25, 0.3) is 0 Å². The van der Waals surface area contributed by atoms with Crippen molar-refractivity contribution >= 4 is 22.7 Å². The summed E-state index contributed by atoms with van der Waals surface area (Å²) in [6, 6.07) is 0. The van der Waals surface area contributed by atoms with Crippen LogP contribution < -0.4 is 0 Å². The second-order valence-corrected chi connectivity index (χ2v) is 6.50. The van der Waals surface area contributed by atoms with Gasteiger partial charge in [0.2, 0.25) is 11.7 Å². The molecule has 0 bridgehead atoms. The first-order valence-corrected chi connectivity index (χ1v) is 8.72. The Bertz CT molecular complexity index is 749. The summed E-state index contributed by atoms with van der Waals surface area (Å²) in [4.78, 5) is 13.3. The smallest absolute Gasteiger partial charge is 0.233 e. The maximum Gasteiger partial charge on any atom is 0.233 e. The number of aromatic nitrogens is 4. The minimum absolute atomic E-state index is 0.0142. The van der Waals surface area contributed by atoms with Gasteiger partial charge in [-0.3, -0.25) is 0 Å². The lowest BCUT2D eigenvalue weighted by molar-refractivity contribution is 0.0761. The molecule has 3 aromatic rings. The van der Waals surface area contributed by atoms with E-state index in [0.717, 1.165) is 21.4 Å². The SMILES string of the molecule is CCOC(C)c1nc(Cc2nc(-c3nc(C)cs3)no2)cs1. The lowest BCUT2D eigenvalue weighted by Crippen LogP contribution is -1.99. The topological polar surface area (TPSA) is 73.9 Å². The summed E-state index contributed by atoms with van der Waals surface area (Å²) in [7, 11) is 0. The Kier molecular flexibility index (Phi) is 4.60. The molecule has 3 aromatic heterocycles. The second kappa shape index (κ2) is 6.64. The lowest BCUT2D eigenvalue weighted by atomic mass is 10.3. The second-order valence-electron chi connectivity index (χ2n) is 4.76. The molecule has 22 heavy (non-hydrogen) atoms. The van der Waals surface area contributed by atoms with E-state index in [2.05, 4.69) is 20.1 Å². The molecule has 3 heterocycles. The van der Waals surface area contributed by atoms with Crippen molar-refractivity contribution < 1.29 is 9.26 Å². The minimum Gasteiger partial charge on any atom is -0.372 e. The van der Waals surface area contributed by atoms with Gasteiger partial charge in [0, 0.05) is 23.1 Å². The Morgan fingerprint density at radius 1 is 1.23 bits per heavy atom. The van der Waals surface area contributed by atoms with Crippen molar-refractivity contribution in [3.8, 4) is 10.8 Å². The van der Waals surface area contributed by atoms with Gasteiger partial charge in [-0.15, -0.1) is 22.7 Å². The molecule has 0 saturated carbocycles. The molecule has 0 amide bonds. The number of rotatable bonds is 6. The third-order valence-electron chi connectivity index (χ3n) is 2.94. The molecule has 0 aliphatic rings. The van der Waals surface area contributed by atoms with Crippen LogP contribution in [-0.2, 0) is 11.2 Å². The molecule has 0 fully saturated rings. The fourth-order valence-corrected chi connectivity index (χ4v) is 3.48. The van der Waals surface area contributed by atoms with Gasteiger partial charge in [-0.05, 0) is 20.8 Å². The van der Waals surface area contributed by atoms with Gasteiger partial charge < -0.3 is 9.26 Å². The van der Waals surface area contributed by atoms with Crippen LogP contribution in [0.2, 0.25) is 0 Å². The van der Waals surface area contributed by atoms with E-state index in [1.807, 2.05) is 31.5 Å². The highest BCUT2D eigenvalue weighted by Crippen LogP contribution is 2.24. The molecule has 0 aromatic carbocycles. The maximum absolute atomic E-state index is 5.55. The van der Waals surface area contributed by atoms with Crippen LogP contribution in [0.5, 0.6) is 0 Å². The van der Waals surface area contributed by atoms with E-state index in [0.29, 0.717) is 24.7 Å². The third kappa shape index (κ3) is 3.40. The molecule has 8 heteroatoms. The Morgan fingerprint density at radius 2 is 2.09 bits per heavy atom. The number of aryl methyl sites for hydroxylation is 1. The van der Waals surface area contributed by atoms with Crippen LogP contribution in [0, 0.1) is 6.92 Å². The van der Waals surface area contributed by atoms with E-state index in [1.165, 1.54) is 11.3 Å². The van der Waals surface area contributed by atoms with Gasteiger partial charge >= 0.3 is 0 Å². The van der Waals surface area contributed by atoms with Gasteiger partial charge in [0.15, 0.2) is 5.01 Å². The van der Waals surface area contributed by atoms with Gasteiger partial charge in [0.1, 0.15) is 11.1 Å². The minimum atomic E-state index is 0.0142. The highest BCUT2D eigenvalue weighted by Gasteiger charge is 2.15. The van der Waals surface area contributed by atoms with Gasteiger partial charge in [-0.1, -0.05) is 5.16 Å². The molecule has 0 aliphatic heterocycles. The van der Waals surface area contributed by atoms with Crippen LogP contribution in [0.15, 0.2) is 15.3 Å². The number of hydrogen-bond donors (Lipinski definition) is 0. The van der Waals surface area contributed by atoms with Gasteiger partial charge in [-0.25, -0.2) is 9.97 Å². The number of nitrogens with zero attached hydrogens (tertiary/aromatic N) is 4. The molecule has 0 saturated heterocycles. The molecular weight excluding hydrogens is 320 g/mol. The van der Waals surface area contributed by atoms with E-state index in [-0.39, 0.29) is 6.10 Å². The highest BCUT2D eigenvalue weighted by molar-refractivity contribution is 7.13. The molecule has 0 N–H and O–H groups in total. The third-order valence-corrected chi connectivity index (χ3v) is 4.96. The molecule has 1 atom stereocenters. The Morgan fingerprint density at radius 3 is 2.82 bits per heavy atom. The molecule has 1 unspecified atom stereocenters. The summed E-state index contributed by atoms with van der Waals surface area (Å²) in [5, 5.41) is 9.69. The average Bonchev–Trinajstić information content (AvgIpc) is 3.20. The van der Waals surface area contributed by atoms with Crippen LogP contribution in [0.4, 0.5) is 0 Å². The zero-order chi connectivity index (χ0) is 15.5. The molecule has 0 aliphatic carbocycles. The summed E-state index contributed by atoms with van der Waals surface area (Å²) in [5.41, 5.74) is 1.87. The molecule has 0 radical (unpaired) electrons. The van der Waals surface area contributed by atoms with Crippen LogP contribution in [0.1, 0.15) is 42.2 Å². The van der Waals surface area contributed by atoms with Crippen molar-refractivity contribution in [2.24, 2.45) is 0 Å². The van der Waals surface area contributed by atoms with E-state index in [1.54, 1.807) is 11.3 Å². The van der Waals surface area contributed by atoms with Crippen molar-refractivity contribution in [1.29, 1.82) is 0 Å². The zero-order valence-corrected chi connectivity index (χ0v) is 14.2. The Labute approximate surface area is 136 Å². The molecule has 3 rings (SSSR count). The van der Waals surface area contributed by atoms with E-state index in [4.69, 9.17) is 9.26 Å². The quantitative estimate of drug-likeness (QED) is 0.684. The predicted molar refractivity (Wildman–Crippen MR) is 85.1 cm³/mol. The van der Waals surface area contributed by atoms with Gasteiger partial charge in [0.05, 0.1) is 12.1 Å². The van der Waals surface area contributed by atoms with Crippen molar-refractivity contribution in [2.75, 3.05) is 6.61 Å². The largest absolute Gasteiger partial charge is 0.372 e. The summed E-state index contributed by atoms with van der Waals surface area (Å²) in [5.74, 6) is 1.08. The van der Waals surface area contributed by atoms with Crippen molar-refractivity contribution in [3.05, 3.63) is 33.0 Å². The monoisotopic (exact) mass is 336 g/mol. The van der Waals surface area contributed by atoms with Crippen LogP contribution in [-0.4, -0.2) is 26.7 Å². The van der Waals surface area contributed by atoms with Crippen molar-refractivity contribution in [3.63, 3.8) is 0 Å². The summed E-state index contributed by atoms with van der Waals surface area (Å²) in [6.07, 6.45) is 0.535. The van der Waals surface area contributed by atoms with Crippen LogP contribution in [0.3, 0.4) is 0 Å². The number of hydrogen-bond acceptors (Lipinski definition) is 8. The Hall–Kier alpha value is -1.64. The van der Waals surface area contributed by atoms with E-state index >= 15 is 0 Å². The summed E-state index contributed by atoms with van der Waals surface area (Å²) >= 11 is 3.10. The van der Waals surface area contributed by atoms with Gasteiger partial charge in [-0.2, -0.15) is 4.98 Å². The first-order chi connectivity index (χ1) is 10.7. The van der Waals surface area contributed by atoms with Crippen molar-refractivity contribution in [2.45, 2.75) is 33.3 Å². The van der Waals surface area contributed by atoms with E-state index in [9.17, 15) is 0 Å². The predicted octanol–water partition coefficient (Wildman–Crippen LogP) is 3.65. The molecule has 116 valence electrons. The van der Waals surface area contributed by atoms with E-state index < -0.39 is 0 Å². The fraction of sp³-hybridized carbons (Fsp3) is 0.429. The molecule has 0 spiro atoms. The number of thiazole rings is 2. The summed E-state index contributed by atoms with van der Waals surface area (Å²) < 4.78 is 10.8. The average molecular weight is 336 g/mol. The van der Waals surface area contributed by atoms with Crippen molar-refractivity contribution in [1.82, 2.24) is 20.1 Å². The molecular formula is C14H16N4O2S2. The maximum atomic E-state index is 5.55. The summed E-state index contributed by atoms with van der Waals surface area (Å²) in [6.45, 7) is 6.60. The van der Waals surface area contributed by atoms with Crippen LogP contribution in [0.25, 0.3) is 10.8 Å². The fourth-order valence-electron chi connectivity index (χ4n) is 1.94. The standard InChI is InChI=1S/C14H16N4O2S2/c1-4-19-9(3)13-16-10(7-22-13)5-11-17-12(18-20-11)14-15-8(2)6-21-14/h6-7,9H,4-5H2,1-3H3. The number of ether oxygens (including phenoxy) is 1. The first-order valence-electron chi connectivity index (χ1n) is 6.96. The molecule has 6 nitrogen and oxygen atoms in total. The highest BCUT2D eigenvalue weighted by atomic mass is 32.1. The van der Waals surface area contributed by atoms with Crippen LogP contribution >= 0.6 is 22.7 Å². The zero-order valence-electron chi connectivity index (χ0n) is 12.6. The normalized spacial score (nSPS) is 12.7. The Balaban J connectivity index is 1.70. The first kappa shape index (κ1) is 15.3.